The molecule has 0 aromatic heterocycles. The second-order valence-corrected chi connectivity index (χ2v) is 18.8. The van der Waals surface area contributed by atoms with Crippen molar-refractivity contribution in [2.75, 3.05) is 6.54 Å². The van der Waals surface area contributed by atoms with Crippen LogP contribution in [0.4, 0.5) is 8.78 Å². The predicted molar refractivity (Wildman–Crippen MR) is 206 cm³/mol. The molecule has 2 aromatic rings. The average molecular weight is 749 g/mol. The molecule has 0 heterocycles. The van der Waals surface area contributed by atoms with Gasteiger partial charge >= 0.3 is 5.97 Å². The molecule has 4 saturated carbocycles. The lowest BCUT2D eigenvalue weighted by Crippen LogP contribution is -2.67. The van der Waals surface area contributed by atoms with Crippen molar-refractivity contribution in [3.63, 3.8) is 0 Å². The standard InChI is InChI=1S/C45H62F2N2O5/c1-8-19-45(23-22-43(6)32(27(45)2)14-15-34-42(5)20-17-35(50)41(3,4)33(42)16-21-44(34,43)7)40(54)49-26-28-10-9-11-30(25-28)38(51)48-24-18-29-12-13-31(39(52)53)37(47)36(29)46/h9-13,25,27,32-35,50H,8,14-24,26H2,1-7H3,(H,48,51)(H,49,54)(H,52,53)/t27?,32?,33?,34?,35?,42?,43-,44?,45?/m1/s1. The molecule has 0 spiro atoms. The number of aliphatic hydroxyl groups excluding tert-OH is 1. The van der Waals surface area contributed by atoms with Gasteiger partial charge in [-0.05, 0) is 139 Å². The van der Waals surface area contributed by atoms with Gasteiger partial charge in [0.1, 0.15) is 0 Å². The normalized spacial score (nSPS) is 35.6. The number of carboxylic acids is 1. The summed E-state index contributed by atoms with van der Waals surface area (Å²) in [6.07, 6.45) is 10.0. The largest absolute Gasteiger partial charge is 0.478 e. The molecule has 9 heteroatoms. The van der Waals surface area contributed by atoms with Gasteiger partial charge in [-0.3, -0.25) is 9.59 Å². The van der Waals surface area contributed by atoms with Gasteiger partial charge in [-0.2, -0.15) is 0 Å². The SMILES string of the molecule is CCCC1(C(=O)NCc2cccc(C(=O)NCCc3ccc(C(=O)O)c(F)c3F)c2)CC[C@]2(C)C(CCC3C4(C)CCC(O)C(C)(C)C4CCC32C)C1C. The maximum Gasteiger partial charge on any atom is 0.338 e. The summed E-state index contributed by atoms with van der Waals surface area (Å²) in [5.74, 6) is -2.68. The van der Waals surface area contributed by atoms with E-state index < -0.39 is 28.6 Å². The summed E-state index contributed by atoms with van der Waals surface area (Å²) in [6, 6.07) is 9.32. The molecule has 7 nitrogen and oxygen atoms in total. The Hall–Kier alpha value is -3.33. The Morgan fingerprint density at radius 1 is 0.852 bits per heavy atom. The van der Waals surface area contributed by atoms with Crippen LogP contribution in [0.3, 0.4) is 0 Å². The molecule has 0 aliphatic heterocycles. The van der Waals surface area contributed by atoms with E-state index >= 15 is 0 Å². The Labute approximate surface area is 320 Å². The van der Waals surface area contributed by atoms with Gasteiger partial charge in [0.05, 0.1) is 17.1 Å². The fourth-order valence-electron chi connectivity index (χ4n) is 13.1. The van der Waals surface area contributed by atoms with Gasteiger partial charge in [0.25, 0.3) is 5.91 Å². The first-order valence-electron chi connectivity index (χ1n) is 20.4. The molecule has 4 aliphatic rings. The molecular formula is C45H62F2N2O5. The quantitative estimate of drug-likeness (QED) is 0.194. The topological polar surface area (TPSA) is 116 Å². The lowest BCUT2D eigenvalue weighted by molar-refractivity contribution is -0.246. The summed E-state index contributed by atoms with van der Waals surface area (Å²) < 4.78 is 28.5. The van der Waals surface area contributed by atoms with Crippen LogP contribution in [-0.2, 0) is 17.8 Å². The predicted octanol–water partition coefficient (Wildman–Crippen LogP) is 9.10. The fraction of sp³-hybridized carbons (Fsp3) is 0.667. The zero-order valence-electron chi connectivity index (χ0n) is 33.4. The summed E-state index contributed by atoms with van der Waals surface area (Å²) in [5, 5.41) is 26.1. The van der Waals surface area contributed by atoms with Crippen LogP contribution in [0.15, 0.2) is 36.4 Å². The zero-order chi connectivity index (χ0) is 39.4. The van der Waals surface area contributed by atoms with Crippen molar-refractivity contribution < 1.29 is 33.4 Å². The number of carbonyl (C=O) groups excluding carboxylic acids is 2. The minimum absolute atomic E-state index is 0.0101. The van der Waals surface area contributed by atoms with E-state index in [0.717, 1.165) is 63.0 Å². The number of aromatic carboxylic acids is 1. The maximum atomic E-state index is 14.5. The van der Waals surface area contributed by atoms with Crippen LogP contribution >= 0.6 is 0 Å². The number of carbonyl (C=O) groups is 3. The first-order chi connectivity index (χ1) is 25.4. The third kappa shape index (κ3) is 6.38. The smallest absolute Gasteiger partial charge is 0.338 e. The highest BCUT2D eigenvalue weighted by molar-refractivity contribution is 5.94. The number of fused-ring (bicyclic) bond motifs is 5. The van der Waals surface area contributed by atoms with Crippen molar-refractivity contribution in [3.8, 4) is 0 Å². The Bertz CT molecular complexity index is 1780. The number of aliphatic hydroxyl groups is 1. The van der Waals surface area contributed by atoms with Crippen molar-refractivity contribution in [2.24, 2.45) is 50.7 Å². The van der Waals surface area contributed by atoms with E-state index in [1.54, 1.807) is 18.2 Å². The van der Waals surface area contributed by atoms with Gasteiger partial charge in [-0.1, -0.05) is 73.1 Å². The minimum atomic E-state index is -1.55. The van der Waals surface area contributed by atoms with Crippen molar-refractivity contribution in [2.45, 2.75) is 132 Å². The van der Waals surface area contributed by atoms with E-state index in [1.807, 2.05) is 6.07 Å². The highest BCUT2D eigenvalue weighted by Crippen LogP contribution is 2.75. The van der Waals surface area contributed by atoms with Gasteiger partial charge in [0.15, 0.2) is 11.6 Å². The van der Waals surface area contributed by atoms with Gasteiger partial charge in [0.2, 0.25) is 5.91 Å². The van der Waals surface area contributed by atoms with Crippen molar-refractivity contribution in [1.82, 2.24) is 10.6 Å². The number of amides is 2. The second-order valence-electron chi connectivity index (χ2n) is 18.8. The van der Waals surface area contributed by atoms with Crippen LogP contribution < -0.4 is 10.6 Å². The Morgan fingerprint density at radius 3 is 2.30 bits per heavy atom. The first kappa shape index (κ1) is 40.3. The van der Waals surface area contributed by atoms with E-state index in [0.29, 0.717) is 29.9 Å². The summed E-state index contributed by atoms with van der Waals surface area (Å²) in [4.78, 5) is 38.6. The maximum absolute atomic E-state index is 14.5. The van der Waals surface area contributed by atoms with E-state index in [1.165, 1.54) is 18.9 Å². The fourth-order valence-corrected chi connectivity index (χ4v) is 13.1. The van der Waals surface area contributed by atoms with Gasteiger partial charge < -0.3 is 20.8 Å². The minimum Gasteiger partial charge on any atom is -0.478 e. The summed E-state index contributed by atoms with van der Waals surface area (Å²) >= 11 is 0. The van der Waals surface area contributed by atoms with Crippen LogP contribution in [0.25, 0.3) is 0 Å². The number of nitrogens with one attached hydrogen (secondary N) is 2. The molecule has 2 amide bonds. The molecule has 54 heavy (non-hydrogen) atoms. The molecule has 2 aromatic carbocycles. The monoisotopic (exact) mass is 748 g/mol. The molecule has 0 saturated heterocycles. The number of carboxylic acid groups (broad SMARTS) is 1. The zero-order valence-corrected chi connectivity index (χ0v) is 33.4. The van der Waals surface area contributed by atoms with E-state index in [2.05, 4.69) is 59.1 Å². The molecule has 0 bridgehead atoms. The van der Waals surface area contributed by atoms with Crippen molar-refractivity contribution in [1.29, 1.82) is 0 Å². The number of halogens is 2. The van der Waals surface area contributed by atoms with Crippen LogP contribution in [0.5, 0.6) is 0 Å². The van der Waals surface area contributed by atoms with Crippen LogP contribution in [0.2, 0.25) is 0 Å². The number of benzene rings is 2. The van der Waals surface area contributed by atoms with E-state index in [4.69, 9.17) is 5.11 Å². The highest BCUT2D eigenvalue weighted by Gasteiger charge is 2.69. The Balaban J connectivity index is 1.12. The average Bonchev–Trinajstić information content (AvgIpc) is 3.12. The molecular weight excluding hydrogens is 686 g/mol. The Kier molecular flexibility index (Phi) is 10.9. The summed E-state index contributed by atoms with van der Waals surface area (Å²) in [7, 11) is 0. The molecule has 8 unspecified atom stereocenters. The molecule has 9 atom stereocenters. The highest BCUT2D eigenvalue weighted by atomic mass is 19.2. The van der Waals surface area contributed by atoms with Gasteiger partial charge in [-0.15, -0.1) is 0 Å². The molecule has 296 valence electrons. The molecule has 4 fully saturated rings. The van der Waals surface area contributed by atoms with E-state index in [-0.39, 0.29) is 64.0 Å². The lowest BCUT2D eigenvalue weighted by Gasteiger charge is -2.72. The van der Waals surface area contributed by atoms with Crippen molar-refractivity contribution in [3.05, 3.63) is 70.3 Å². The molecule has 0 radical (unpaired) electrons. The molecule has 6 rings (SSSR count). The van der Waals surface area contributed by atoms with Gasteiger partial charge in [0, 0.05) is 18.7 Å². The summed E-state index contributed by atoms with van der Waals surface area (Å²) in [6.45, 7) is 17.1. The number of hydrogen-bond acceptors (Lipinski definition) is 4. The third-order valence-electron chi connectivity index (χ3n) is 16.3. The molecule has 4 aliphatic carbocycles. The lowest BCUT2D eigenvalue weighted by atomic mass is 9.32. The molecule has 4 N–H and O–H groups in total. The summed E-state index contributed by atoms with van der Waals surface area (Å²) in [5.41, 5.74) is 0.407. The number of hydrogen-bond donors (Lipinski definition) is 4. The third-order valence-corrected chi connectivity index (χ3v) is 16.3. The number of rotatable bonds is 10. The second kappa shape index (κ2) is 14.6. The van der Waals surface area contributed by atoms with Crippen LogP contribution in [0, 0.1) is 62.4 Å². The van der Waals surface area contributed by atoms with Crippen molar-refractivity contribution >= 4 is 17.8 Å². The van der Waals surface area contributed by atoms with Gasteiger partial charge in [-0.25, -0.2) is 13.6 Å². The van der Waals surface area contributed by atoms with E-state index in [9.17, 15) is 28.3 Å². The van der Waals surface area contributed by atoms with Crippen LogP contribution in [0.1, 0.15) is 145 Å². The first-order valence-corrected chi connectivity index (χ1v) is 20.4. The van der Waals surface area contributed by atoms with Crippen LogP contribution in [-0.4, -0.2) is 40.6 Å². The Morgan fingerprint density at radius 2 is 1.59 bits per heavy atom.